The molecule has 0 aliphatic rings. The molecule has 1 heterocycles. The quantitative estimate of drug-likeness (QED) is 0.904. The van der Waals surface area contributed by atoms with Crippen LogP contribution in [-0.4, -0.2) is 27.8 Å². The Morgan fingerprint density at radius 1 is 1.26 bits per heavy atom. The first-order valence-corrected chi connectivity index (χ1v) is 5.57. The molecule has 1 aromatic heterocycles. The minimum Gasteiger partial charge on any atom is -0.387 e. The first-order valence-electron chi connectivity index (χ1n) is 5.57. The fourth-order valence-electron chi connectivity index (χ4n) is 1.52. The molecule has 0 fully saturated rings. The van der Waals surface area contributed by atoms with Crippen LogP contribution >= 0.6 is 0 Å². The number of rotatable bonds is 5. The minimum atomic E-state index is -2.87. The van der Waals surface area contributed by atoms with E-state index in [9.17, 15) is 13.2 Å². The molecule has 102 valence electrons. The van der Waals surface area contributed by atoms with Gasteiger partial charge in [-0.15, -0.1) is 0 Å². The molecule has 4 nitrogen and oxygen atoms in total. The van der Waals surface area contributed by atoms with Gasteiger partial charge in [-0.05, 0) is 11.6 Å². The van der Waals surface area contributed by atoms with Crippen molar-refractivity contribution in [3.8, 4) is 0 Å². The van der Waals surface area contributed by atoms with Crippen molar-refractivity contribution in [3.63, 3.8) is 0 Å². The Morgan fingerprint density at radius 2 is 2.00 bits per heavy atom. The maximum atomic E-state index is 13.4. The molecule has 0 amide bonds. The zero-order chi connectivity index (χ0) is 13.8. The number of benzene rings is 1. The Balaban J connectivity index is 2.04. The maximum Gasteiger partial charge on any atom is 0.264 e. The third-order valence-corrected chi connectivity index (χ3v) is 2.49. The van der Waals surface area contributed by atoms with Crippen LogP contribution in [0.25, 0.3) is 0 Å². The van der Waals surface area contributed by atoms with Crippen molar-refractivity contribution in [1.82, 2.24) is 10.1 Å². The normalized spacial score (nSPS) is 12.9. The second kappa shape index (κ2) is 5.83. The van der Waals surface area contributed by atoms with Crippen LogP contribution < -0.4 is 0 Å². The monoisotopic (exact) mass is 272 g/mol. The highest BCUT2D eigenvalue weighted by Crippen LogP contribution is 2.13. The van der Waals surface area contributed by atoms with Crippen molar-refractivity contribution in [2.75, 3.05) is 0 Å². The van der Waals surface area contributed by atoms with Crippen molar-refractivity contribution >= 4 is 0 Å². The first-order chi connectivity index (χ1) is 9.06. The smallest absolute Gasteiger partial charge is 0.264 e. The number of hydrogen-bond acceptors (Lipinski definition) is 4. The van der Waals surface area contributed by atoms with E-state index >= 15 is 0 Å². The van der Waals surface area contributed by atoms with Crippen molar-refractivity contribution in [3.05, 3.63) is 47.4 Å². The summed E-state index contributed by atoms with van der Waals surface area (Å²) >= 11 is 0. The Kier molecular flexibility index (Phi) is 4.16. The van der Waals surface area contributed by atoms with E-state index in [4.69, 9.17) is 9.63 Å². The summed E-state index contributed by atoms with van der Waals surface area (Å²) in [6.07, 6.45) is -5.05. The fourth-order valence-corrected chi connectivity index (χ4v) is 1.52. The van der Waals surface area contributed by atoms with Gasteiger partial charge in [-0.25, -0.2) is 13.2 Å². The van der Waals surface area contributed by atoms with E-state index in [0.29, 0.717) is 5.56 Å². The van der Waals surface area contributed by atoms with Gasteiger partial charge in [0.1, 0.15) is 11.9 Å². The summed E-state index contributed by atoms with van der Waals surface area (Å²) in [5.74, 6) is -0.317. The molecule has 0 saturated heterocycles. The average Bonchev–Trinajstić information content (AvgIpc) is 2.79. The fraction of sp³-hybridized carbons (Fsp3) is 0.333. The Labute approximate surface area is 106 Å². The zero-order valence-electron chi connectivity index (χ0n) is 9.76. The van der Waals surface area contributed by atoms with Crippen LogP contribution in [-0.2, 0) is 12.8 Å². The summed E-state index contributed by atoms with van der Waals surface area (Å²) in [4.78, 5) is 3.83. The van der Waals surface area contributed by atoms with Gasteiger partial charge in [0.15, 0.2) is 5.82 Å². The van der Waals surface area contributed by atoms with Crippen LogP contribution in [0.3, 0.4) is 0 Å². The molecule has 1 unspecified atom stereocenters. The second-order valence-corrected chi connectivity index (χ2v) is 3.98. The van der Waals surface area contributed by atoms with Gasteiger partial charge in [0.05, 0.1) is 6.42 Å². The molecular weight excluding hydrogens is 261 g/mol. The van der Waals surface area contributed by atoms with E-state index < -0.39 is 24.8 Å². The van der Waals surface area contributed by atoms with Crippen LogP contribution in [0.5, 0.6) is 0 Å². The van der Waals surface area contributed by atoms with Gasteiger partial charge in [0, 0.05) is 6.42 Å². The van der Waals surface area contributed by atoms with E-state index in [1.165, 1.54) is 6.07 Å². The third kappa shape index (κ3) is 3.54. The topological polar surface area (TPSA) is 59.2 Å². The highest BCUT2D eigenvalue weighted by molar-refractivity contribution is 5.20. The molecule has 7 heteroatoms. The summed E-state index contributed by atoms with van der Waals surface area (Å²) < 4.78 is 42.4. The first kappa shape index (κ1) is 13.5. The van der Waals surface area contributed by atoms with E-state index in [2.05, 4.69) is 10.1 Å². The third-order valence-electron chi connectivity index (χ3n) is 2.49. The van der Waals surface area contributed by atoms with Crippen LogP contribution in [0.4, 0.5) is 13.2 Å². The number of aromatic nitrogens is 2. The SMILES string of the molecule is OC(Cc1nc(Cc2ccccc2F)no1)C(F)F. The standard InChI is InChI=1S/C12H11F3N2O2/c13-8-4-2-1-3-7(8)5-10-16-11(19-17-10)6-9(18)12(14)15/h1-4,9,12,18H,5-6H2. The van der Waals surface area contributed by atoms with Crippen molar-refractivity contribution in [1.29, 1.82) is 0 Å². The lowest BCUT2D eigenvalue weighted by atomic mass is 10.1. The van der Waals surface area contributed by atoms with Gasteiger partial charge in [0.2, 0.25) is 5.89 Å². The van der Waals surface area contributed by atoms with Gasteiger partial charge in [-0.3, -0.25) is 0 Å². The lowest BCUT2D eigenvalue weighted by molar-refractivity contribution is -0.00754. The predicted molar refractivity (Wildman–Crippen MR) is 59.2 cm³/mol. The van der Waals surface area contributed by atoms with E-state index in [0.717, 1.165) is 0 Å². The van der Waals surface area contributed by atoms with E-state index in [1.54, 1.807) is 18.2 Å². The van der Waals surface area contributed by atoms with Gasteiger partial charge in [-0.1, -0.05) is 23.4 Å². The summed E-state index contributed by atoms with van der Waals surface area (Å²) in [6.45, 7) is 0. The van der Waals surface area contributed by atoms with Gasteiger partial charge >= 0.3 is 0 Å². The summed E-state index contributed by atoms with van der Waals surface area (Å²) in [5.41, 5.74) is 0.379. The average molecular weight is 272 g/mol. The maximum absolute atomic E-state index is 13.4. The van der Waals surface area contributed by atoms with Gasteiger partial charge < -0.3 is 9.63 Å². The Morgan fingerprint density at radius 3 is 2.68 bits per heavy atom. The minimum absolute atomic E-state index is 0.0980. The number of aliphatic hydroxyl groups excluding tert-OH is 1. The summed E-state index contributed by atoms with van der Waals surface area (Å²) in [6, 6.07) is 6.09. The number of halogens is 3. The Bertz CT molecular complexity index is 545. The second-order valence-electron chi connectivity index (χ2n) is 3.98. The van der Waals surface area contributed by atoms with Crippen LogP contribution in [0.1, 0.15) is 17.3 Å². The van der Waals surface area contributed by atoms with Crippen LogP contribution in [0.2, 0.25) is 0 Å². The molecule has 1 aromatic carbocycles. The molecule has 2 rings (SSSR count). The highest BCUT2D eigenvalue weighted by Gasteiger charge is 2.21. The highest BCUT2D eigenvalue weighted by atomic mass is 19.3. The molecule has 1 atom stereocenters. The molecule has 0 saturated carbocycles. The van der Waals surface area contributed by atoms with Gasteiger partial charge in [-0.2, -0.15) is 4.98 Å². The molecule has 0 radical (unpaired) electrons. The van der Waals surface area contributed by atoms with Crippen LogP contribution in [0.15, 0.2) is 28.8 Å². The molecule has 0 spiro atoms. The summed E-state index contributed by atoms with van der Waals surface area (Å²) in [7, 11) is 0. The van der Waals surface area contributed by atoms with Crippen molar-refractivity contribution in [2.24, 2.45) is 0 Å². The van der Waals surface area contributed by atoms with Crippen LogP contribution in [0, 0.1) is 5.82 Å². The molecule has 2 aromatic rings. The van der Waals surface area contributed by atoms with Crippen molar-refractivity contribution in [2.45, 2.75) is 25.4 Å². The van der Waals surface area contributed by atoms with Crippen molar-refractivity contribution < 1.29 is 22.8 Å². The lowest BCUT2D eigenvalue weighted by Gasteiger charge is -2.04. The Hall–Kier alpha value is -1.89. The largest absolute Gasteiger partial charge is 0.387 e. The van der Waals surface area contributed by atoms with E-state index in [1.807, 2.05) is 0 Å². The number of nitrogens with zero attached hydrogens (tertiary/aromatic N) is 2. The van der Waals surface area contributed by atoms with Gasteiger partial charge in [0.25, 0.3) is 6.43 Å². The molecule has 1 N–H and O–H groups in total. The number of hydrogen-bond donors (Lipinski definition) is 1. The molecule has 0 bridgehead atoms. The molecule has 19 heavy (non-hydrogen) atoms. The number of alkyl halides is 2. The van der Waals surface area contributed by atoms with E-state index in [-0.39, 0.29) is 18.1 Å². The zero-order valence-corrected chi connectivity index (χ0v) is 9.76. The number of aliphatic hydroxyl groups is 1. The summed E-state index contributed by atoms with van der Waals surface area (Å²) in [5, 5.41) is 12.5. The molecular formula is C12H11F3N2O2. The molecule has 0 aliphatic carbocycles. The molecule has 0 aliphatic heterocycles. The predicted octanol–water partition coefficient (Wildman–Crippen LogP) is 1.97. The lowest BCUT2D eigenvalue weighted by Crippen LogP contribution is -2.20.